The van der Waals surface area contributed by atoms with Gasteiger partial charge in [0.15, 0.2) is 0 Å². The molecule has 0 radical (unpaired) electrons. The van der Waals surface area contributed by atoms with E-state index >= 15 is 0 Å². The number of alkyl halides is 1. The Morgan fingerprint density at radius 3 is 2.00 bits per heavy atom. The van der Waals surface area contributed by atoms with Crippen molar-refractivity contribution in [3.8, 4) is 0 Å². The molecule has 0 aromatic heterocycles. The van der Waals surface area contributed by atoms with Crippen LogP contribution in [0.3, 0.4) is 0 Å². The molecule has 1 aliphatic carbocycles. The third-order valence-electron chi connectivity index (χ3n) is 5.98. The minimum Gasteiger partial charge on any atom is -0.443 e. The van der Waals surface area contributed by atoms with E-state index in [1.54, 1.807) is 0 Å². The van der Waals surface area contributed by atoms with E-state index in [9.17, 15) is 0 Å². The van der Waals surface area contributed by atoms with Gasteiger partial charge in [0.1, 0.15) is 0 Å². The lowest BCUT2D eigenvalue weighted by Crippen LogP contribution is -2.66. The number of hydrogen-bond acceptors (Lipinski definition) is 2. The molecular formula is C24H32ClNOSi. The Labute approximate surface area is 176 Å². The van der Waals surface area contributed by atoms with Gasteiger partial charge in [-0.2, -0.15) is 0 Å². The summed E-state index contributed by atoms with van der Waals surface area (Å²) in [6.45, 7) is 9.03. The minimum atomic E-state index is -2.64. The monoisotopic (exact) mass is 413 g/mol. The topological polar surface area (TPSA) is 21.6 Å². The molecule has 28 heavy (non-hydrogen) atoms. The van der Waals surface area contributed by atoms with Crippen molar-refractivity contribution in [1.82, 2.24) is 0 Å². The van der Waals surface area contributed by atoms with Crippen molar-refractivity contribution in [2.24, 2.45) is 11.1 Å². The number of nitrogens with zero attached hydrogens (tertiary/aromatic N) is 1. The highest BCUT2D eigenvalue weighted by molar-refractivity contribution is 6.99. The first-order valence-corrected chi connectivity index (χ1v) is 12.7. The summed E-state index contributed by atoms with van der Waals surface area (Å²) in [5, 5.41) is 7.19. The van der Waals surface area contributed by atoms with E-state index in [2.05, 4.69) is 88.4 Å². The van der Waals surface area contributed by atoms with Crippen molar-refractivity contribution in [3.05, 3.63) is 60.7 Å². The molecule has 0 unspecified atom stereocenters. The summed E-state index contributed by atoms with van der Waals surface area (Å²) in [5.41, 5.74) is 1.02. The highest BCUT2D eigenvalue weighted by atomic mass is 35.5. The van der Waals surface area contributed by atoms with Crippen LogP contribution in [0.4, 0.5) is 0 Å². The average molecular weight is 414 g/mol. The van der Waals surface area contributed by atoms with E-state index in [0.29, 0.717) is 5.92 Å². The van der Waals surface area contributed by atoms with Crippen molar-refractivity contribution in [1.29, 1.82) is 0 Å². The number of oxime groups is 1. The number of rotatable bonds is 5. The largest absolute Gasteiger partial charge is 0.443 e. The summed E-state index contributed by atoms with van der Waals surface area (Å²) in [7, 11) is -2.64. The Bertz CT molecular complexity index is 746. The van der Waals surface area contributed by atoms with Crippen LogP contribution in [0.5, 0.6) is 0 Å². The van der Waals surface area contributed by atoms with Gasteiger partial charge in [0, 0.05) is 5.04 Å². The van der Waals surface area contributed by atoms with E-state index in [4.69, 9.17) is 21.3 Å². The maximum atomic E-state index is 6.79. The first-order chi connectivity index (χ1) is 13.4. The first-order valence-electron chi connectivity index (χ1n) is 10.4. The molecule has 0 aliphatic heterocycles. The van der Waals surface area contributed by atoms with Gasteiger partial charge in [0.05, 0.1) is 11.1 Å². The molecule has 0 saturated heterocycles. The van der Waals surface area contributed by atoms with E-state index in [1.165, 1.54) is 16.8 Å². The summed E-state index contributed by atoms with van der Waals surface area (Å²) in [6.07, 6.45) is 4.35. The molecule has 4 heteroatoms. The molecule has 1 saturated carbocycles. The molecule has 0 bridgehead atoms. The predicted octanol–water partition coefficient (Wildman–Crippen LogP) is 5.74. The predicted molar refractivity (Wildman–Crippen MR) is 123 cm³/mol. The van der Waals surface area contributed by atoms with Crippen LogP contribution in [0.25, 0.3) is 0 Å². The second-order valence-electron chi connectivity index (χ2n) is 8.80. The Morgan fingerprint density at radius 2 is 1.54 bits per heavy atom. The molecule has 1 fully saturated rings. The molecule has 2 atom stereocenters. The molecule has 0 N–H and O–H groups in total. The normalized spacial score (nSPS) is 22.2. The summed E-state index contributed by atoms with van der Waals surface area (Å²) >= 11 is 6.79. The van der Waals surface area contributed by atoms with Gasteiger partial charge < -0.3 is 4.53 Å². The lowest BCUT2D eigenvalue weighted by Gasteiger charge is -2.40. The summed E-state index contributed by atoms with van der Waals surface area (Å²) in [6, 6.07) is 21.3. The number of hydrogen-bond donors (Lipinski definition) is 0. The minimum absolute atomic E-state index is 0.0167. The van der Waals surface area contributed by atoms with Gasteiger partial charge in [-0.1, -0.05) is 94.8 Å². The average Bonchev–Trinajstić information content (AvgIpc) is 2.70. The lowest BCUT2D eigenvalue weighted by molar-refractivity contribution is 0.311. The smallest absolute Gasteiger partial charge is 0.354 e. The van der Waals surface area contributed by atoms with E-state index in [-0.39, 0.29) is 10.4 Å². The molecule has 1 aliphatic rings. The SMILES string of the molecule is CC[C@@H]1CCC/C(=N\O[Si](c2ccccc2)(c2ccccc2)C(C)(C)C)[C@H]1Cl. The Balaban J connectivity index is 2.10. The van der Waals surface area contributed by atoms with E-state index < -0.39 is 8.32 Å². The Hall–Kier alpha value is -1.58. The fraction of sp³-hybridized carbons (Fsp3) is 0.458. The second-order valence-corrected chi connectivity index (χ2v) is 13.5. The van der Waals surface area contributed by atoms with Crippen molar-refractivity contribution in [2.75, 3.05) is 0 Å². The van der Waals surface area contributed by atoms with Gasteiger partial charge in [0.2, 0.25) is 0 Å². The Kier molecular flexibility index (Phi) is 6.67. The van der Waals surface area contributed by atoms with E-state index in [0.717, 1.165) is 25.0 Å². The Morgan fingerprint density at radius 1 is 1.00 bits per heavy atom. The van der Waals surface area contributed by atoms with Crippen LogP contribution in [-0.2, 0) is 4.53 Å². The van der Waals surface area contributed by atoms with Crippen molar-refractivity contribution >= 4 is 36.0 Å². The lowest BCUT2D eigenvalue weighted by atomic mass is 9.86. The van der Waals surface area contributed by atoms with Gasteiger partial charge in [-0.05, 0) is 35.6 Å². The molecule has 0 amide bonds. The molecule has 0 spiro atoms. The zero-order chi connectivity index (χ0) is 20.2. The van der Waals surface area contributed by atoms with Gasteiger partial charge in [-0.25, -0.2) is 0 Å². The van der Waals surface area contributed by atoms with Crippen molar-refractivity contribution < 1.29 is 4.53 Å². The quantitative estimate of drug-likeness (QED) is 0.348. The maximum absolute atomic E-state index is 6.79. The van der Waals surface area contributed by atoms with Crippen molar-refractivity contribution in [2.45, 2.75) is 63.8 Å². The molecule has 3 rings (SSSR count). The zero-order valence-corrected chi connectivity index (χ0v) is 19.2. The molecule has 2 aromatic carbocycles. The van der Waals surface area contributed by atoms with Gasteiger partial charge in [-0.15, -0.1) is 16.8 Å². The van der Waals surface area contributed by atoms with Crippen LogP contribution < -0.4 is 10.4 Å². The third kappa shape index (κ3) is 4.06. The fourth-order valence-electron chi connectivity index (χ4n) is 4.36. The summed E-state index contributed by atoms with van der Waals surface area (Å²) in [4.78, 5) is 0. The summed E-state index contributed by atoms with van der Waals surface area (Å²) < 4.78 is 6.71. The molecule has 2 nitrogen and oxygen atoms in total. The third-order valence-corrected chi connectivity index (χ3v) is 11.4. The van der Waals surface area contributed by atoms with Crippen molar-refractivity contribution in [3.63, 3.8) is 0 Å². The highest BCUT2D eigenvalue weighted by Crippen LogP contribution is 2.37. The van der Waals surface area contributed by atoms with Crippen LogP contribution in [0.1, 0.15) is 53.4 Å². The first kappa shape index (κ1) is 21.1. The van der Waals surface area contributed by atoms with Gasteiger partial charge in [-0.3, -0.25) is 0 Å². The van der Waals surface area contributed by atoms with Crippen LogP contribution >= 0.6 is 11.6 Å². The van der Waals surface area contributed by atoms with Crippen LogP contribution in [0, 0.1) is 5.92 Å². The number of halogens is 1. The molecule has 150 valence electrons. The standard InChI is InChI=1S/C24H32ClNOSi/c1-5-19-13-12-18-22(23(19)25)26-27-28(24(2,3)4,20-14-8-6-9-15-20)21-16-10-7-11-17-21/h6-11,14-17,19,23H,5,12-13,18H2,1-4H3/b26-22+/t19-,23+/m1/s1. The zero-order valence-electron chi connectivity index (χ0n) is 17.5. The molecular weight excluding hydrogens is 382 g/mol. The van der Waals surface area contributed by atoms with E-state index in [1.807, 2.05) is 0 Å². The second kappa shape index (κ2) is 8.83. The summed E-state index contributed by atoms with van der Waals surface area (Å²) in [5.74, 6) is 0.497. The van der Waals surface area contributed by atoms with Crippen LogP contribution in [0.15, 0.2) is 65.8 Å². The number of benzene rings is 2. The van der Waals surface area contributed by atoms with Crippen LogP contribution in [-0.4, -0.2) is 19.4 Å². The van der Waals surface area contributed by atoms with Gasteiger partial charge in [0.25, 0.3) is 0 Å². The molecule has 2 aromatic rings. The van der Waals surface area contributed by atoms with Crippen LogP contribution in [0.2, 0.25) is 5.04 Å². The molecule has 0 heterocycles. The van der Waals surface area contributed by atoms with Gasteiger partial charge >= 0.3 is 8.32 Å². The maximum Gasteiger partial charge on any atom is 0.354 e. The fourth-order valence-corrected chi connectivity index (χ4v) is 8.94. The highest BCUT2D eigenvalue weighted by Gasteiger charge is 2.53.